The second-order valence-corrected chi connectivity index (χ2v) is 6.76. The van der Waals surface area contributed by atoms with Crippen LogP contribution in [0, 0.1) is 11.7 Å². The molecule has 0 spiro atoms. The second-order valence-electron chi connectivity index (χ2n) is 6.76. The Hall–Kier alpha value is -2.03. The highest BCUT2D eigenvalue weighted by Gasteiger charge is 2.57. The molecule has 2 atom stereocenters. The fourth-order valence-electron chi connectivity index (χ4n) is 3.01. The van der Waals surface area contributed by atoms with Gasteiger partial charge in [-0.25, -0.2) is 13.2 Å². The third-order valence-electron chi connectivity index (χ3n) is 4.70. The maximum Gasteiger partial charge on any atom is 0.255 e. The molecule has 1 aromatic rings. The van der Waals surface area contributed by atoms with Gasteiger partial charge in [-0.15, -0.1) is 0 Å². The first-order valence-electron chi connectivity index (χ1n) is 8.54. The highest BCUT2D eigenvalue weighted by Crippen LogP contribution is 2.48. The minimum absolute atomic E-state index is 0.0822. The van der Waals surface area contributed by atoms with E-state index in [1.54, 1.807) is 7.05 Å². The predicted molar refractivity (Wildman–Crippen MR) is 86.8 cm³/mol. The van der Waals surface area contributed by atoms with Crippen molar-refractivity contribution in [2.75, 3.05) is 27.3 Å². The lowest BCUT2D eigenvalue weighted by Gasteiger charge is -2.22. The molecule has 2 aliphatic rings. The number of rotatable bonds is 7. The quantitative estimate of drug-likeness (QED) is 0.792. The highest BCUT2D eigenvalue weighted by atomic mass is 19.3. The minimum atomic E-state index is -2.74. The van der Waals surface area contributed by atoms with E-state index in [0.717, 1.165) is 25.5 Å². The standard InChI is InChI=1S/C17H22F3N3O3/c1-23(16(24)13-4-3-5-21-13)8-10-6-12(18)15(22-14(10)25-2)26-9-11-7-17(11,19)20/h6,11,13,21H,3-5,7-9H2,1-2H3. The van der Waals surface area contributed by atoms with Gasteiger partial charge in [0.05, 0.1) is 32.2 Å². The third kappa shape index (κ3) is 4.03. The fraction of sp³-hybridized carbons (Fsp3) is 0.647. The van der Waals surface area contributed by atoms with Crippen molar-refractivity contribution in [1.29, 1.82) is 0 Å². The van der Waals surface area contributed by atoms with E-state index in [-0.39, 0.29) is 43.3 Å². The third-order valence-corrected chi connectivity index (χ3v) is 4.70. The van der Waals surface area contributed by atoms with Gasteiger partial charge in [-0.05, 0) is 25.5 Å². The van der Waals surface area contributed by atoms with Crippen LogP contribution in [0.4, 0.5) is 13.2 Å². The van der Waals surface area contributed by atoms with Gasteiger partial charge >= 0.3 is 0 Å². The lowest BCUT2D eigenvalue weighted by molar-refractivity contribution is -0.132. The van der Waals surface area contributed by atoms with Crippen LogP contribution in [0.3, 0.4) is 0 Å². The molecule has 9 heteroatoms. The Labute approximate surface area is 149 Å². The van der Waals surface area contributed by atoms with Gasteiger partial charge in [-0.1, -0.05) is 0 Å². The second kappa shape index (κ2) is 7.30. The Kier molecular flexibility index (Phi) is 5.27. The number of amides is 1. The number of nitrogens with one attached hydrogen (secondary N) is 1. The minimum Gasteiger partial charge on any atom is -0.481 e. The van der Waals surface area contributed by atoms with Crippen LogP contribution in [-0.4, -0.2) is 55.1 Å². The summed E-state index contributed by atoms with van der Waals surface area (Å²) in [5.74, 6) is -4.77. The fourth-order valence-corrected chi connectivity index (χ4v) is 3.01. The lowest BCUT2D eigenvalue weighted by atomic mass is 10.2. The summed E-state index contributed by atoms with van der Waals surface area (Å²) in [5.41, 5.74) is 0.378. The number of halogens is 3. The number of alkyl halides is 2. The maximum atomic E-state index is 14.2. The van der Waals surface area contributed by atoms with Crippen molar-refractivity contribution in [3.8, 4) is 11.8 Å². The molecular weight excluding hydrogens is 351 g/mol. The van der Waals surface area contributed by atoms with Crippen molar-refractivity contribution in [1.82, 2.24) is 15.2 Å². The topological polar surface area (TPSA) is 63.7 Å². The molecule has 2 unspecified atom stereocenters. The van der Waals surface area contributed by atoms with Crippen molar-refractivity contribution >= 4 is 5.91 Å². The van der Waals surface area contributed by atoms with Crippen LogP contribution in [0.2, 0.25) is 0 Å². The Morgan fingerprint density at radius 1 is 1.46 bits per heavy atom. The monoisotopic (exact) mass is 373 g/mol. The van der Waals surface area contributed by atoms with Gasteiger partial charge in [0, 0.05) is 19.0 Å². The Balaban J connectivity index is 1.67. The molecule has 0 radical (unpaired) electrons. The molecule has 1 aliphatic carbocycles. The van der Waals surface area contributed by atoms with Gasteiger partial charge in [0.15, 0.2) is 5.82 Å². The number of carbonyl (C=O) groups is 1. The van der Waals surface area contributed by atoms with Crippen LogP contribution >= 0.6 is 0 Å². The molecule has 26 heavy (non-hydrogen) atoms. The summed E-state index contributed by atoms with van der Waals surface area (Å²) in [6.45, 7) is 0.617. The first-order valence-corrected chi connectivity index (χ1v) is 8.54. The van der Waals surface area contributed by atoms with Gasteiger partial charge in [0.2, 0.25) is 11.8 Å². The molecule has 1 aliphatic heterocycles. The summed E-state index contributed by atoms with van der Waals surface area (Å²) in [7, 11) is 2.99. The van der Waals surface area contributed by atoms with Crippen molar-refractivity contribution in [2.24, 2.45) is 5.92 Å². The summed E-state index contributed by atoms with van der Waals surface area (Å²) in [6.07, 6.45) is 1.45. The van der Waals surface area contributed by atoms with Gasteiger partial charge in [-0.2, -0.15) is 4.98 Å². The molecule has 2 heterocycles. The summed E-state index contributed by atoms with van der Waals surface area (Å²) >= 11 is 0. The molecule has 1 aromatic heterocycles. The van der Waals surface area contributed by atoms with E-state index in [0.29, 0.717) is 5.56 Å². The van der Waals surface area contributed by atoms with Crippen LogP contribution in [0.1, 0.15) is 24.8 Å². The normalized spacial score (nSPS) is 23.6. The smallest absolute Gasteiger partial charge is 0.255 e. The van der Waals surface area contributed by atoms with E-state index < -0.39 is 17.7 Å². The van der Waals surface area contributed by atoms with Gasteiger partial charge in [0.25, 0.3) is 11.8 Å². The number of ether oxygens (including phenoxy) is 2. The lowest BCUT2D eigenvalue weighted by Crippen LogP contribution is -2.41. The van der Waals surface area contributed by atoms with Crippen molar-refractivity contribution in [3.05, 3.63) is 17.4 Å². The van der Waals surface area contributed by atoms with Crippen molar-refractivity contribution in [3.63, 3.8) is 0 Å². The van der Waals surface area contributed by atoms with E-state index >= 15 is 0 Å². The van der Waals surface area contributed by atoms with Crippen LogP contribution in [0.15, 0.2) is 6.07 Å². The SMILES string of the molecule is COc1nc(OCC2CC2(F)F)c(F)cc1CN(C)C(=O)C1CCCN1. The first-order chi connectivity index (χ1) is 12.3. The summed E-state index contributed by atoms with van der Waals surface area (Å²) in [6, 6.07) is 0.935. The van der Waals surface area contributed by atoms with Crippen molar-refractivity contribution < 1.29 is 27.4 Å². The Morgan fingerprint density at radius 3 is 2.77 bits per heavy atom. The van der Waals surface area contributed by atoms with Gasteiger partial charge in [0.1, 0.15) is 0 Å². The number of methoxy groups -OCH3 is 1. The molecule has 144 valence electrons. The number of nitrogens with zero attached hydrogens (tertiary/aromatic N) is 2. The molecule has 6 nitrogen and oxygen atoms in total. The molecule has 0 aromatic carbocycles. The van der Waals surface area contributed by atoms with Gasteiger partial charge in [-0.3, -0.25) is 4.79 Å². The van der Waals surface area contributed by atoms with E-state index in [4.69, 9.17) is 9.47 Å². The molecule has 1 N–H and O–H groups in total. The molecular formula is C17H22F3N3O3. The maximum absolute atomic E-state index is 14.2. The van der Waals surface area contributed by atoms with E-state index in [1.165, 1.54) is 12.0 Å². The predicted octanol–water partition coefficient (Wildman–Crippen LogP) is 1.97. The van der Waals surface area contributed by atoms with Crippen molar-refractivity contribution in [2.45, 2.75) is 37.8 Å². The molecule has 1 saturated carbocycles. The Bertz CT molecular complexity index is 681. The molecule has 1 saturated heterocycles. The highest BCUT2D eigenvalue weighted by molar-refractivity contribution is 5.82. The largest absolute Gasteiger partial charge is 0.481 e. The summed E-state index contributed by atoms with van der Waals surface area (Å²) in [5, 5.41) is 3.12. The van der Waals surface area contributed by atoms with Crippen LogP contribution < -0.4 is 14.8 Å². The Morgan fingerprint density at radius 2 is 2.19 bits per heavy atom. The zero-order chi connectivity index (χ0) is 18.9. The number of hydrogen-bond acceptors (Lipinski definition) is 5. The molecule has 0 bridgehead atoms. The number of pyridine rings is 1. The summed E-state index contributed by atoms with van der Waals surface area (Å²) < 4.78 is 50.3. The van der Waals surface area contributed by atoms with Gasteiger partial charge < -0.3 is 19.7 Å². The number of carbonyl (C=O) groups excluding carboxylic acids is 1. The molecule has 1 amide bonds. The van der Waals surface area contributed by atoms with Crippen LogP contribution in [0.25, 0.3) is 0 Å². The van der Waals surface area contributed by atoms with Crippen LogP contribution in [0.5, 0.6) is 11.8 Å². The molecule has 2 fully saturated rings. The van der Waals surface area contributed by atoms with E-state index in [9.17, 15) is 18.0 Å². The van der Waals surface area contributed by atoms with E-state index in [2.05, 4.69) is 10.3 Å². The number of hydrogen-bond donors (Lipinski definition) is 1. The molecule has 3 rings (SSSR count). The zero-order valence-electron chi connectivity index (χ0n) is 14.7. The average molecular weight is 373 g/mol. The first kappa shape index (κ1) is 18.8. The zero-order valence-corrected chi connectivity index (χ0v) is 14.7. The number of likely N-dealkylation sites (N-methyl/N-ethyl adjacent to an activating group) is 1. The number of aromatic nitrogens is 1. The summed E-state index contributed by atoms with van der Waals surface area (Å²) in [4.78, 5) is 17.8. The van der Waals surface area contributed by atoms with E-state index in [1.807, 2.05) is 0 Å². The van der Waals surface area contributed by atoms with Crippen LogP contribution in [-0.2, 0) is 11.3 Å². The average Bonchev–Trinajstić information content (AvgIpc) is 3.01.